The molecule has 1 rings (SSSR count). The van der Waals surface area contributed by atoms with E-state index in [1.54, 1.807) is 31.4 Å². The monoisotopic (exact) mass is 234 g/mol. The van der Waals surface area contributed by atoms with Crippen LogP contribution in [0, 0.1) is 0 Å². The van der Waals surface area contributed by atoms with E-state index in [1.807, 2.05) is 6.92 Å². The van der Waals surface area contributed by atoms with Crippen LogP contribution in [0.25, 0.3) is 5.57 Å². The molecule has 0 N–H and O–H groups in total. The summed E-state index contributed by atoms with van der Waals surface area (Å²) in [6, 6.07) is 7.17. The fourth-order valence-corrected chi connectivity index (χ4v) is 1.31. The number of methoxy groups -OCH3 is 1. The van der Waals surface area contributed by atoms with Crippen molar-refractivity contribution in [1.82, 2.24) is 0 Å². The number of hydrogen-bond acceptors (Lipinski definition) is 3. The average Bonchev–Trinajstić information content (AvgIpc) is 2.38. The lowest BCUT2D eigenvalue weighted by Gasteiger charge is -2.07. The molecular weight excluding hydrogens is 216 g/mol. The molecule has 0 aliphatic heterocycles. The van der Waals surface area contributed by atoms with Crippen LogP contribution in [0.1, 0.15) is 25.3 Å². The van der Waals surface area contributed by atoms with Crippen molar-refractivity contribution in [3.05, 3.63) is 36.4 Å². The van der Waals surface area contributed by atoms with Gasteiger partial charge in [0.15, 0.2) is 0 Å². The highest BCUT2D eigenvalue weighted by Gasteiger charge is 2.10. The van der Waals surface area contributed by atoms with Crippen molar-refractivity contribution in [3.63, 3.8) is 0 Å². The van der Waals surface area contributed by atoms with Crippen molar-refractivity contribution in [2.45, 2.75) is 19.8 Å². The van der Waals surface area contributed by atoms with Gasteiger partial charge in [-0.3, -0.25) is 0 Å². The third-order valence-corrected chi connectivity index (χ3v) is 2.42. The molecule has 17 heavy (non-hydrogen) atoms. The van der Waals surface area contributed by atoms with Crippen molar-refractivity contribution in [2.24, 2.45) is 0 Å². The third kappa shape index (κ3) is 3.94. The van der Waals surface area contributed by atoms with Gasteiger partial charge in [-0.2, -0.15) is 0 Å². The smallest absolute Gasteiger partial charge is 0.338 e. The zero-order valence-electron chi connectivity index (χ0n) is 10.4. The fraction of sp³-hybridized carbons (Fsp3) is 0.357. The van der Waals surface area contributed by atoms with E-state index in [4.69, 9.17) is 9.47 Å². The van der Waals surface area contributed by atoms with E-state index in [9.17, 15) is 4.79 Å². The van der Waals surface area contributed by atoms with Crippen LogP contribution in [0.2, 0.25) is 0 Å². The molecular formula is C14H18O3. The first-order valence-electron chi connectivity index (χ1n) is 5.69. The van der Waals surface area contributed by atoms with Crippen molar-refractivity contribution in [2.75, 3.05) is 13.7 Å². The van der Waals surface area contributed by atoms with E-state index < -0.39 is 0 Å². The van der Waals surface area contributed by atoms with E-state index >= 15 is 0 Å². The number of rotatable bonds is 6. The minimum atomic E-state index is -0.358. The van der Waals surface area contributed by atoms with Crippen LogP contribution in [-0.2, 0) is 9.53 Å². The average molecular weight is 234 g/mol. The first kappa shape index (κ1) is 13.3. The Hall–Kier alpha value is -1.77. The summed E-state index contributed by atoms with van der Waals surface area (Å²) in [5.41, 5.74) is 1.14. The third-order valence-electron chi connectivity index (χ3n) is 2.42. The fourth-order valence-electron chi connectivity index (χ4n) is 1.31. The Morgan fingerprint density at radius 1 is 1.29 bits per heavy atom. The van der Waals surface area contributed by atoms with Gasteiger partial charge in [-0.15, -0.1) is 0 Å². The van der Waals surface area contributed by atoms with Crippen molar-refractivity contribution < 1.29 is 14.3 Å². The van der Waals surface area contributed by atoms with Gasteiger partial charge in [0.25, 0.3) is 0 Å². The molecule has 0 atom stereocenters. The number of hydrogen-bond donors (Lipinski definition) is 0. The molecule has 0 aliphatic rings. The van der Waals surface area contributed by atoms with E-state index in [1.165, 1.54) is 0 Å². The molecule has 0 unspecified atom stereocenters. The summed E-state index contributed by atoms with van der Waals surface area (Å²) in [4.78, 5) is 11.6. The van der Waals surface area contributed by atoms with Gasteiger partial charge in [-0.05, 0) is 24.1 Å². The highest BCUT2D eigenvalue weighted by Crippen LogP contribution is 2.18. The number of esters is 1. The van der Waals surface area contributed by atoms with Crippen molar-refractivity contribution in [1.29, 1.82) is 0 Å². The molecule has 92 valence electrons. The minimum absolute atomic E-state index is 0.358. The number of unbranched alkanes of at least 4 members (excludes halogenated alkanes) is 1. The number of carbonyl (C=O) groups is 1. The maximum absolute atomic E-state index is 11.6. The Morgan fingerprint density at radius 2 is 1.94 bits per heavy atom. The lowest BCUT2D eigenvalue weighted by molar-refractivity contribution is -0.136. The summed E-state index contributed by atoms with van der Waals surface area (Å²) in [5, 5.41) is 0. The van der Waals surface area contributed by atoms with E-state index in [0.717, 1.165) is 24.2 Å². The van der Waals surface area contributed by atoms with Gasteiger partial charge < -0.3 is 9.47 Å². The Balaban J connectivity index is 2.58. The standard InChI is InChI=1S/C14H18O3/c1-4-5-10-17-14(15)11(2)12-6-8-13(16-3)9-7-12/h6-9H,2,4-5,10H2,1,3H3. The van der Waals surface area contributed by atoms with Crippen LogP contribution in [0.4, 0.5) is 0 Å². The van der Waals surface area contributed by atoms with Gasteiger partial charge in [0.05, 0.1) is 19.3 Å². The molecule has 3 heteroatoms. The second-order valence-corrected chi connectivity index (χ2v) is 3.70. The van der Waals surface area contributed by atoms with Gasteiger partial charge in [0.2, 0.25) is 0 Å². The summed E-state index contributed by atoms with van der Waals surface area (Å²) in [6.45, 7) is 6.24. The largest absolute Gasteiger partial charge is 0.497 e. The van der Waals surface area contributed by atoms with Crippen LogP contribution in [-0.4, -0.2) is 19.7 Å². The van der Waals surface area contributed by atoms with Crippen molar-refractivity contribution in [3.8, 4) is 5.75 Å². The van der Waals surface area contributed by atoms with Gasteiger partial charge >= 0.3 is 5.97 Å². The molecule has 1 aromatic carbocycles. The second-order valence-electron chi connectivity index (χ2n) is 3.70. The molecule has 1 aromatic rings. The van der Waals surface area contributed by atoms with Crippen LogP contribution >= 0.6 is 0 Å². The highest BCUT2D eigenvalue weighted by atomic mass is 16.5. The SMILES string of the molecule is C=C(C(=O)OCCCC)c1ccc(OC)cc1. The predicted molar refractivity (Wildman–Crippen MR) is 67.9 cm³/mol. The Labute approximate surface area is 102 Å². The highest BCUT2D eigenvalue weighted by molar-refractivity contribution is 6.15. The molecule has 3 nitrogen and oxygen atoms in total. The maximum atomic E-state index is 11.6. The first-order valence-corrected chi connectivity index (χ1v) is 5.69. The summed E-state index contributed by atoms with van der Waals surface area (Å²) in [6.07, 6.45) is 1.88. The lowest BCUT2D eigenvalue weighted by atomic mass is 10.1. The Kier molecular flexibility index (Phi) is 5.27. The quantitative estimate of drug-likeness (QED) is 0.431. The number of carbonyl (C=O) groups excluding carboxylic acids is 1. The molecule has 0 aromatic heterocycles. The molecule has 0 aliphatic carbocycles. The molecule has 0 amide bonds. The minimum Gasteiger partial charge on any atom is -0.497 e. The Morgan fingerprint density at radius 3 is 2.47 bits per heavy atom. The van der Waals surface area contributed by atoms with E-state index in [2.05, 4.69) is 6.58 Å². The second kappa shape index (κ2) is 6.74. The molecule has 0 heterocycles. The maximum Gasteiger partial charge on any atom is 0.338 e. The molecule has 0 saturated carbocycles. The number of benzene rings is 1. The molecule has 0 spiro atoms. The lowest BCUT2D eigenvalue weighted by Crippen LogP contribution is -2.07. The molecule has 0 bridgehead atoms. The Bertz CT molecular complexity index is 379. The van der Waals surface area contributed by atoms with Gasteiger partial charge in [0.1, 0.15) is 5.75 Å². The van der Waals surface area contributed by atoms with Crippen LogP contribution in [0.15, 0.2) is 30.8 Å². The molecule has 0 saturated heterocycles. The topological polar surface area (TPSA) is 35.5 Å². The van der Waals surface area contributed by atoms with Crippen LogP contribution in [0.5, 0.6) is 5.75 Å². The summed E-state index contributed by atoms with van der Waals surface area (Å²) < 4.78 is 10.1. The summed E-state index contributed by atoms with van der Waals surface area (Å²) in [5.74, 6) is 0.393. The van der Waals surface area contributed by atoms with E-state index in [-0.39, 0.29) is 5.97 Å². The van der Waals surface area contributed by atoms with Gasteiger partial charge in [-0.25, -0.2) is 4.79 Å². The normalized spacial score (nSPS) is 9.76. The first-order chi connectivity index (χ1) is 8.19. The van der Waals surface area contributed by atoms with Crippen LogP contribution in [0.3, 0.4) is 0 Å². The van der Waals surface area contributed by atoms with Gasteiger partial charge in [0, 0.05) is 0 Å². The predicted octanol–water partition coefficient (Wildman–Crippen LogP) is 3.05. The molecule has 0 radical (unpaired) electrons. The van der Waals surface area contributed by atoms with E-state index in [0.29, 0.717) is 12.2 Å². The zero-order valence-corrected chi connectivity index (χ0v) is 10.4. The van der Waals surface area contributed by atoms with Gasteiger partial charge in [-0.1, -0.05) is 32.1 Å². The summed E-state index contributed by atoms with van der Waals surface area (Å²) in [7, 11) is 1.60. The molecule has 0 fully saturated rings. The van der Waals surface area contributed by atoms with Crippen LogP contribution < -0.4 is 4.74 Å². The number of ether oxygens (including phenoxy) is 2. The van der Waals surface area contributed by atoms with Crippen molar-refractivity contribution >= 4 is 11.5 Å². The zero-order chi connectivity index (χ0) is 12.7. The summed E-state index contributed by atoms with van der Waals surface area (Å²) >= 11 is 0.